The summed E-state index contributed by atoms with van der Waals surface area (Å²) in [6.45, 7) is 8.37. The second-order valence-electron chi connectivity index (χ2n) is 7.80. The first kappa shape index (κ1) is 20.4. The standard InChI is InChI=1S/C22H34N6/c1-18-15-25-28(16-18)12-7-11-24-22(23-3)26-21-10-13-27(19(2)14-21)17-20-8-5-4-6-9-20/h4-6,8-9,15-16,19,21H,7,10-14,17H2,1-3H3,(H2,23,24,26). The van der Waals surface area contributed by atoms with Gasteiger partial charge in [-0.05, 0) is 44.2 Å². The van der Waals surface area contributed by atoms with Gasteiger partial charge in [-0.2, -0.15) is 5.10 Å². The van der Waals surface area contributed by atoms with Crippen LogP contribution in [0.1, 0.15) is 37.3 Å². The lowest BCUT2D eigenvalue weighted by Gasteiger charge is -2.38. The number of aryl methyl sites for hydroxylation is 2. The van der Waals surface area contributed by atoms with Crippen molar-refractivity contribution in [3.05, 3.63) is 53.9 Å². The number of nitrogens with one attached hydrogen (secondary N) is 2. The van der Waals surface area contributed by atoms with Crippen molar-refractivity contribution in [2.24, 2.45) is 4.99 Å². The first-order chi connectivity index (χ1) is 13.6. The van der Waals surface area contributed by atoms with Crippen LogP contribution in [0.3, 0.4) is 0 Å². The Morgan fingerprint density at radius 3 is 2.79 bits per heavy atom. The van der Waals surface area contributed by atoms with E-state index in [9.17, 15) is 0 Å². The minimum absolute atomic E-state index is 0.474. The Kier molecular flexibility index (Phi) is 7.48. The number of aliphatic imine (C=N–C) groups is 1. The molecule has 1 aliphatic heterocycles. The molecule has 2 heterocycles. The van der Waals surface area contributed by atoms with Crippen LogP contribution in [0.5, 0.6) is 0 Å². The Balaban J connectivity index is 1.38. The smallest absolute Gasteiger partial charge is 0.191 e. The maximum Gasteiger partial charge on any atom is 0.191 e. The highest BCUT2D eigenvalue weighted by molar-refractivity contribution is 5.79. The summed E-state index contributed by atoms with van der Waals surface area (Å²) < 4.78 is 2.00. The molecule has 1 saturated heterocycles. The number of likely N-dealkylation sites (tertiary alicyclic amines) is 1. The van der Waals surface area contributed by atoms with Crippen molar-refractivity contribution in [3.8, 4) is 0 Å². The van der Waals surface area contributed by atoms with Crippen molar-refractivity contribution in [3.63, 3.8) is 0 Å². The molecule has 1 aromatic carbocycles. The molecule has 0 amide bonds. The van der Waals surface area contributed by atoms with E-state index >= 15 is 0 Å². The van der Waals surface area contributed by atoms with Gasteiger partial charge in [-0.25, -0.2) is 0 Å². The summed E-state index contributed by atoms with van der Waals surface area (Å²) in [7, 11) is 1.85. The topological polar surface area (TPSA) is 57.5 Å². The molecule has 6 nitrogen and oxygen atoms in total. The van der Waals surface area contributed by atoms with Gasteiger partial charge in [-0.3, -0.25) is 14.6 Å². The van der Waals surface area contributed by atoms with Crippen LogP contribution in [0, 0.1) is 6.92 Å². The van der Waals surface area contributed by atoms with E-state index in [0.717, 1.165) is 51.4 Å². The third-order valence-corrected chi connectivity index (χ3v) is 5.43. The SMILES string of the molecule is CN=C(NCCCn1cc(C)cn1)NC1CCN(Cc2ccccc2)C(C)C1. The molecule has 6 heteroatoms. The molecule has 1 fully saturated rings. The van der Waals surface area contributed by atoms with Gasteiger partial charge < -0.3 is 10.6 Å². The van der Waals surface area contributed by atoms with Gasteiger partial charge >= 0.3 is 0 Å². The Labute approximate surface area is 169 Å². The monoisotopic (exact) mass is 382 g/mol. The maximum atomic E-state index is 4.40. The van der Waals surface area contributed by atoms with Crippen LogP contribution < -0.4 is 10.6 Å². The van der Waals surface area contributed by atoms with E-state index in [1.807, 2.05) is 17.9 Å². The van der Waals surface area contributed by atoms with Gasteiger partial charge in [0.25, 0.3) is 0 Å². The van der Waals surface area contributed by atoms with E-state index in [2.05, 4.69) is 76.0 Å². The van der Waals surface area contributed by atoms with Crippen LogP contribution in [0.25, 0.3) is 0 Å². The van der Waals surface area contributed by atoms with Crippen molar-refractivity contribution in [2.45, 2.75) is 58.3 Å². The number of benzene rings is 1. The number of rotatable bonds is 7. The Hall–Kier alpha value is -2.34. The summed E-state index contributed by atoms with van der Waals surface area (Å²) >= 11 is 0. The molecule has 0 spiro atoms. The summed E-state index contributed by atoms with van der Waals surface area (Å²) in [5.74, 6) is 0.908. The molecular weight excluding hydrogens is 348 g/mol. The predicted molar refractivity (Wildman–Crippen MR) is 115 cm³/mol. The average molecular weight is 383 g/mol. The number of hydrogen-bond acceptors (Lipinski definition) is 3. The molecule has 2 atom stereocenters. The molecule has 0 radical (unpaired) electrons. The minimum atomic E-state index is 0.474. The largest absolute Gasteiger partial charge is 0.356 e. The summed E-state index contributed by atoms with van der Waals surface area (Å²) in [4.78, 5) is 6.98. The van der Waals surface area contributed by atoms with E-state index in [0.29, 0.717) is 12.1 Å². The fraction of sp³-hybridized carbons (Fsp3) is 0.545. The summed E-state index contributed by atoms with van der Waals surface area (Å²) in [5, 5.41) is 11.4. The van der Waals surface area contributed by atoms with E-state index < -0.39 is 0 Å². The van der Waals surface area contributed by atoms with Crippen LogP contribution in [-0.2, 0) is 13.1 Å². The van der Waals surface area contributed by atoms with Gasteiger partial charge in [0.05, 0.1) is 6.20 Å². The number of hydrogen-bond donors (Lipinski definition) is 2. The molecule has 0 bridgehead atoms. The molecule has 28 heavy (non-hydrogen) atoms. The number of aromatic nitrogens is 2. The van der Waals surface area contributed by atoms with Crippen LogP contribution in [0.15, 0.2) is 47.7 Å². The van der Waals surface area contributed by atoms with Gasteiger partial charge in [-0.1, -0.05) is 30.3 Å². The van der Waals surface area contributed by atoms with Crippen molar-refractivity contribution >= 4 is 5.96 Å². The lowest BCUT2D eigenvalue weighted by Crippen LogP contribution is -2.51. The van der Waals surface area contributed by atoms with Gasteiger partial charge in [0.2, 0.25) is 0 Å². The molecule has 1 aromatic heterocycles. The number of guanidine groups is 1. The van der Waals surface area contributed by atoms with Crippen LogP contribution in [0.2, 0.25) is 0 Å². The number of nitrogens with zero attached hydrogens (tertiary/aromatic N) is 4. The van der Waals surface area contributed by atoms with Gasteiger partial charge in [-0.15, -0.1) is 0 Å². The minimum Gasteiger partial charge on any atom is -0.356 e. The quantitative estimate of drug-likeness (QED) is 0.439. The summed E-state index contributed by atoms with van der Waals surface area (Å²) in [6.07, 6.45) is 7.29. The van der Waals surface area contributed by atoms with E-state index in [1.54, 1.807) is 0 Å². The summed E-state index contributed by atoms with van der Waals surface area (Å²) in [6, 6.07) is 11.8. The van der Waals surface area contributed by atoms with Crippen LogP contribution in [-0.4, -0.2) is 52.9 Å². The molecule has 2 unspecified atom stereocenters. The van der Waals surface area contributed by atoms with Crippen molar-refractivity contribution < 1.29 is 0 Å². The lowest BCUT2D eigenvalue weighted by atomic mass is 9.97. The Morgan fingerprint density at radius 2 is 2.11 bits per heavy atom. The van der Waals surface area contributed by atoms with Crippen molar-refractivity contribution in [2.75, 3.05) is 20.1 Å². The summed E-state index contributed by atoms with van der Waals surface area (Å²) in [5.41, 5.74) is 2.60. The molecular formula is C22H34N6. The van der Waals surface area contributed by atoms with E-state index in [4.69, 9.17) is 0 Å². The lowest BCUT2D eigenvalue weighted by molar-refractivity contribution is 0.134. The average Bonchev–Trinajstić information content (AvgIpc) is 3.12. The molecule has 3 rings (SSSR count). The molecule has 1 aliphatic rings. The van der Waals surface area contributed by atoms with Crippen LogP contribution >= 0.6 is 0 Å². The second kappa shape index (κ2) is 10.3. The Bertz CT molecular complexity index is 738. The third kappa shape index (κ3) is 6.09. The fourth-order valence-electron chi connectivity index (χ4n) is 3.83. The van der Waals surface area contributed by atoms with E-state index in [-0.39, 0.29) is 0 Å². The second-order valence-corrected chi connectivity index (χ2v) is 7.80. The molecule has 2 N–H and O–H groups in total. The highest BCUT2D eigenvalue weighted by atomic mass is 15.3. The Morgan fingerprint density at radius 1 is 1.29 bits per heavy atom. The maximum absolute atomic E-state index is 4.40. The molecule has 152 valence electrons. The first-order valence-electron chi connectivity index (χ1n) is 10.4. The molecule has 2 aromatic rings. The molecule has 0 aliphatic carbocycles. The first-order valence-corrected chi connectivity index (χ1v) is 10.4. The van der Waals surface area contributed by atoms with Crippen molar-refractivity contribution in [1.82, 2.24) is 25.3 Å². The van der Waals surface area contributed by atoms with Gasteiger partial charge in [0.1, 0.15) is 0 Å². The zero-order valence-corrected chi connectivity index (χ0v) is 17.4. The van der Waals surface area contributed by atoms with Crippen LogP contribution in [0.4, 0.5) is 0 Å². The number of piperidine rings is 1. The predicted octanol–water partition coefficient (Wildman–Crippen LogP) is 2.80. The highest BCUT2D eigenvalue weighted by Crippen LogP contribution is 2.19. The van der Waals surface area contributed by atoms with Gasteiger partial charge in [0.15, 0.2) is 5.96 Å². The third-order valence-electron chi connectivity index (χ3n) is 5.43. The van der Waals surface area contributed by atoms with E-state index in [1.165, 1.54) is 11.1 Å². The normalized spacial score (nSPS) is 20.9. The van der Waals surface area contributed by atoms with Crippen molar-refractivity contribution in [1.29, 1.82) is 0 Å². The zero-order chi connectivity index (χ0) is 19.8. The highest BCUT2D eigenvalue weighted by Gasteiger charge is 2.25. The van der Waals surface area contributed by atoms with Gasteiger partial charge in [0, 0.05) is 51.5 Å². The fourth-order valence-corrected chi connectivity index (χ4v) is 3.83. The zero-order valence-electron chi connectivity index (χ0n) is 17.4. The molecule has 0 saturated carbocycles.